The minimum Gasteiger partial charge on any atom is -0.444 e. The summed E-state index contributed by atoms with van der Waals surface area (Å²) in [6, 6.07) is -0.654. The van der Waals surface area contributed by atoms with Crippen LogP contribution in [0.5, 0.6) is 0 Å². The van der Waals surface area contributed by atoms with Gasteiger partial charge in [0, 0.05) is 16.9 Å². The lowest BCUT2D eigenvalue weighted by atomic mass is 9.65. The van der Waals surface area contributed by atoms with Crippen molar-refractivity contribution in [1.29, 1.82) is 0 Å². The third-order valence-corrected chi connectivity index (χ3v) is 4.74. The molecule has 0 N–H and O–H groups in total. The molecule has 0 aromatic heterocycles. The molecule has 0 aromatic carbocycles. The number of ether oxygens (including phenoxy) is 1. The maximum Gasteiger partial charge on any atom is 0.410 e. The van der Waals surface area contributed by atoms with Gasteiger partial charge in [-0.1, -0.05) is 19.3 Å². The van der Waals surface area contributed by atoms with Crippen molar-refractivity contribution in [2.45, 2.75) is 70.9 Å². The van der Waals surface area contributed by atoms with Crippen LogP contribution in [0.2, 0.25) is 0 Å². The molecule has 21 heavy (non-hydrogen) atoms. The molecule has 1 heterocycles. The average Bonchev–Trinajstić information content (AvgIpc) is 2.37. The van der Waals surface area contributed by atoms with Crippen molar-refractivity contribution in [2.75, 3.05) is 13.1 Å². The van der Waals surface area contributed by atoms with Gasteiger partial charge < -0.3 is 9.64 Å². The van der Waals surface area contributed by atoms with Crippen molar-refractivity contribution in [2.24, 2.45) is 5.41 Å². The molecule has 6 heteroatoms. The van der Waals surface area contributed by atoms with Crippen LogP contribution in [0.4, 0.5) is 4.79 Å². The first kappa shape index (κ1) is 16.0. The monoisotopic (exact) mass is 298 g/mol. The average molecular weight is 298 g/mol. The number of nitrogens with zero attached hydrogens (tertiary/aromatic N) is 2. The lowest BCUT2D eigenvalue weighted by Crippen LogP contribution is -2.56. The van der Waals surface area contributed by atoms with Crippen LogP contribution in [0.25, 0.3) is 0 Å². The molecule has 120 valence electrons. The number of carbonyl (C=O) groups is 1. The van der Waals surface area contributed by atoms with Gasteiger partial charge in [0.2, 0.25) is 6.04 Å². The Kier molecular flexibility index (Phi) is 4.44. The zero-order valence-electron chi connectivity index (χ0n) is 13.3. The van der Waals surface area contributed by atoms with Crippen molar-refractivity contribution in [3.8, 4) is 0 Å². The Morgan fingerprint density at radius 3 is 2.38 bits per heavy atom. The molecule has 1 amide bonds. The van der Waals surface area contributed by atoms with E-state index < -0.39 is 17.7 Å². The third kappa shape index (κ3) is 3.66. The number of nitro groups is 1. The first-order valence-corrected chi connectivity index (χ1v) is 7.85. The van der Waals surface area contributed by atoms with Crippen LogP contribution in [0.1, 0.15) is 59.3 Å². The third-order valence-electron chi connectivity index (χ3n) is 4.74. The molecule has 2 fully saturated rings. The van der Waals surface area contributed by atoms with Crippen LogP contribution in [0.15, 0.2) is 0 Å². The van der Waals surface area contributed by atoms with E-state index in [1.54, 1.807) is 0 Å². The zero-order chi connectivity index (χ0) is 15.7. The summed E-state index contributed by atoms with van der Waals surface area (Å²) in [6.07, 6.45) is 5.43. The normalized spacial score (nSPS) is 25.7. The number of likely N-dealkylation sites (tertiary alicyclic amines) is 1. The maximum atomic E-state index is 12.1. The van der Waals surface area contributed by atoms with E-state index in [1.165, 1.54) is 11.3 Å². The summed E-state index contributed by atoms with van der Waals surface area (Å²) in [5, 5.41) is 11.5. The van der Waals surface area contributed by atoms with E-state index in [9.17, 15) is 14.9 Å². The SMILES string of the molecule is CC(C)(C)OC(=O)N1CCC2(CCCCC2)C([N+](=O)[O-])C1. The number of rotatable bonds is 1. The van der Waals surface area contributed by atoms with Gasteiger partial charge in [-0.3, -0.25) is 10.1 Å². The van der Waals surface area contributed by atoms with Crippen LogP contribution in [-0.4, -0.2) is 40.6 Å². The van der Waals surface area contributed by atoms with E-state index in [-0.39, 0.29) is 16.9 Å². The molecule has 6 nitrogen and oxygen atoms in total. The summed E-state index contributed by atoms with van der Waals surface area (Å²) in [5.74, 6) is 0. The fourth-order valence-corrected chi connectivity index (χ4v) is 3.64. The maximum absolute atomic E-state index is 12.1. The Labute approximate surface area is 126 Å². The van der Waals surface area contributed by atoms with Gasteiger partial charge in [0.25, 0.3) is 0 Å². The second-order valence-corrected chi connectivity index (χ2v) is 7.40. The largest absolute Gasteiger partial charge is 0.444 e. The highest BCUT2D eigenvalue weighted by Crippen LogP contribution is 2.45. The Morgan fingerprint density at radius 1 is 1.24 bits per heavy atom. The predicted octanol–water partition coefficient (Wildman–Crippen LogP) is 3.22. The minimum absolute atomic E-state index is 0.179. The van der Waals surface area contributed by atoms with Crippen molar-refractivity contribution in [1.82, 2.24) is 4.90 Å². The Bertz CT molecular complexity index is 410. The van der Waals surface area contributed by atoms with Crippen LogP contribution < -0.4 is 0 Å². The Balaban J connectivity index is 2.08. The fraction of sp³-hybridized carbons (Fsp3) is 0.933. The fourth-order valence-electron chi connectivity index (χ4n) is 3.64. The van der Waals surface area contributed by atoms with Gasteiger partial charge in [0.1, 0.15) is 5.60 Å². The molecule has 1 aliphatic carbocycles. The summed E-state index contributed by atoms with van der Waals surface area (Å²) in [6.45, 7) is 6.18. The smallest absolute Gasteiger partial charge is 0.410 e. The summed E-state index contributed by atoms with van der Waals surface area (Å²) in [7, 11) is 0. The molecule has 1 unspecified atom stereocenters. The lowest BCUT2D eigenvalue weighted by molar-refractivity contribution is -0.547. The molecule has 0 bridgehead atoms. The van der Waals surface area contributed by atoms with Gasteiger partial charge in [-0.05, 0) is 40.0 Å². The second-order valence-electron chi connectivity index (χ2n) is 7.40. The van der Waals surface area contributed by atoms with E-state index in [0.717, 1.165) is 32.1 Å². The number of hydrogen-bond donors (Lipinski definition) is 0. The number of carbonyl (C=O) groups excluding carboxylic acids is 1. The predicted molar refractivity (Wildman–Crippen MR) is 78.7 cm³/mol. The van der Waals surface area contributed by atoms with Crippen molar-refractivity contribution >= 4 is 6.09 Å². The van der Waals surface area contributed by atoms with Crippen molar-refractivity contribution in [3.63, 3.8) is 0 Å². The highest BCUT2D eigenvalue weighted by atomic mass is 16.6. The second kappa shape index (κ2) is 5.81. The van der Waals surface area contributed by atoms with Crippen LogP contribution in [0, 0.1) is 15.5 Å². The van der Waals surface area contributed by atoms with E-state index in [1.807, 2.05) is 20.8 Å². The molecule has 1 aliphatic heterocycles. The zero-order valence-corrected chi connectivity index (χ0v) is 13.3. The molecule has 2 rings (SSSR count). The van der Waals surface area contributed by atoms with Gasteiger partial charge in [0.15, 0.2) is 0 Å². The minimum atomic E-state index is -0.654. The highest BCUT2D eigenvalue weighted by Gasteiger charge is 2.51. The topological polar surface area (TPSA) is 72.7 Å². The number of piperidine rings is 1. The summed E-state index contributed by atoms with van der Waals surface area (Å²) in [4.78, 5) is 25.0. The molecule has 0 radical (unpaired) electrons. The molecule has 2 aliphatic rings. The summed E-state index contributed by atoms with van der Waals surface area (Å²) < 4.78 is 5.35. The molecule has 0 aromatic rings. The van der Waals surface area contributed by atoms with Crippen LogP contribution in [-0.2, 0) is 4.74 Å². The summed E-state index contributed by atoms with van der Waals surface area (Å²) in [5.41, 5.74) is -0.776. The van der Waals surface area contributed by atoms with Gasteiger partial charge >= 0.3 is 6.09 Å². The molecule has 1 atom stereocenters. The number of amides is 1. The molecular weight excluding hydrogens is 272 g/mol. The number of hydrogen-bond acceptors (Lipinski definition) is 4. The molecule has 1 saturated heterocycles. The summed E-state index contributed by atoms with van der Waals surface area (Å²) >= 11 is 0. The highest BCUT2D eigenvalue weighted by molar-refractivity contribution is 5.68. The Hall–Kier alpha value is -1.33. The van der Waals surface area contributed by atoms with Crippen LogP contribution in [0.3, 0.4) is 0 Å². The molecular formula is C15H26N2O4. The quantitative estimate of drug-likeness (QED) is 0.550. The first-order chi connectivity index (χ1) is 9.73. The van der Waals surface area contributed by atoms with E-state index in [2.05, 4.69) is 0 Å². The van der Waals surface area contributed by atoms with Gasteiger partial charge in [-0.25, -0.2) is 4.79 Å². The van der Waals surface area contributed by atoms with Crippen molar-refractivity contribution < 1.29 is 14.5 Å². The van der Waals surface area contributed by atoms with Crippen LogP contribution >= 0.6 is 0 Å². The van der Waals surface area contributed by atoms with Gasteiger partial charge in [-0.15, -0.1) is 0 Å². The van der Waals surface area contributed by atoms with Gasteiger partial charge in [0.05, 0.1) is 6.54 Å². The van der Waals surface area contributed by atoms with Crippen molar-refractivity contribution in [3.05, 3.63) is 10.1 Å². The Morgan fingerprint density at radius 2 is 1.86 bits per heavy atom. The molecule has 1 spiro atoms. The van der Waals surface area contributed by atoms with E-state index in [4.69, 9.17) is 4.74 Å². The first-order valence-electron chi connectivity index (χ1n) is 7.85. The van der Waals surface area contributed by atoms with E-state index >= 15 is 0 Å². The van der Waals surface area contributed by atoms with E-state index in [0.29, 0.717) is 6.54 Å². The van der Waals surface area contributed by atoms with Gasteiger partial charge in [-0.2, -0.15) is 0 Å². The molecule has 1 saturated carbocycles. The standard InChI is InChI=1S/C15H26N2O4/c1-14(2,3)21-13(18)16-10-9-15(7-5-4-6-8-15)12(11-16)17(19)20/h12H,4-11H2,1-3H3. The lowest BCUT2D eigenvalue weighted by Gasteiger charge is -2.45.